The van der Waals surface area contributed by atoms with Gasteiger partial charge >= 0.3 is 0 Å². The summed E-state index contributed by atoms with van der Waals surface area (Å²) in [4.78, 5) is 19.0. The number of hydrogen-bond donors (Lipinski definition) is 0. The molecule has 0 aromatic heterocycles. The molecule has 162 valence electrons. The fourth-order valence-electron chi connectivity index (χ4n) is 3.55. The first-order valence-electron chi connectivity index (χ1n) is 10.8. The highest BCUT2D eigenvalue weighted by Gasteiger charge is 2.24. The van der Waals surface area contributed by atoms with Gasteiger partial charge in [0.2, 0.25) is 5.91 Å². The summed E-state index contributed by atoms with van der Waals surface area (Å²) in [5, 5.41) is 0. The highest BCUT2D eigenvalue weighted by atomic mass is 32.2. The molecular formula is C27H32N2OS. The SMILES string of the molecule is CC(C(=O)N(CCCN(C)C)c1ccccc1SCc1ccccc1)c1ccccc1. The zero-order valence-corrected chi connectivity index (χ0v) is 19.5. The minimum absolute atomic E-state index is 0.151. The van der Waals surface area contributed by atoms with Crippen LogP contribution in [0.1, 0.15) is 30.4 Å². The molecule has 0 bridgehead atoms. The highest BCUT2D eigenvalue weighted by Crippen LogP contribution is 2.34. The van der Waals surface area contributed by atoms with Crippen LogP contribution in [-0.2, 0) is 10.5 Å². The van der Waals surface area contributed by atoms with Gasteiger partial charge in [-0.2, -0.15) is 0 Å². The number of rotatable bonds is 10. The lowest BCUT2D eigenvalue weighted by Crippen LogP contribution is -2.36. The van der Waals surface area contributed by atoms with Crippen LogP contribution in [0, 0.1) is 0 Å². The average molecular weight is 433 g/mol. The summed E-state index contributed by atoms with van der Waals surface area (Å²) in [6, 6.07) is 28.8. The number of nitrogens with zero attached hydrogens (tertiary/aromatic N) is 2. The van der Waals surface area contributed by atoms with Gasteiger partial charge in [-0.1, -0.05) is 72.8 Å². The number of anilines is 1. The van der Waals surface area contributed by atoms with E-state index in [1.165, 1.54) is 5.56 Å². The summed E-state index contributed by atoms with van der Waals surface area (Å²) in [7, 11) is 4.14. The molecule has 3 rings (SSSR count). The van der Waals surface area contributed by atoms with E-state index in [4.69, 9.17) is 0 Å². The van der Waals surface area contributed by atoms with Crippen LogP contribution >= 0.6 is 11.8 Å². The van der Waals surface area contributed by atoms with E-state index >= 15 is 0 Å². The van der Waals surface area contributed by atoms with Crippen molar-refractivity contribution < 1.29 is 4.79 Å². The van der Waals surface area contributed by atoms with Gasteiger partial charge < -0.3 is 9.80 Å². The van der Waals surface area contributed by atoms with Crippen LogP contribution < -0.4 is 4.90 Å². The molecular weight excluding hydrogens is 400 g/mol. The molecule has 1 unspecified atom stereocenters. The number of thioether (sulfide) groups is 1. The van der Waals surface area contributed by atoms with Crippen LogP contribution in [0.5, 0.6) is 0 Å². The molecule has 0 spiro atoms. The van der Waals surface area contributed by atoms with E-state index in [0.29, 0.717) is 6.54 Å². The molecule has 0 fully saturated rings. The summed E-state index contributed by atoms with van der Waals surface area (Å²) in [5.74, 6) is 0.844. The van der Waals surface area contributed by atoms with Crippen molar-refractivity contribution in [1.29, 1.82) is 0 Å². The second-order valence-electron chi connectivity index (χ2n) is 8.02. The van der Waals surface area contributed by atoms with Crippen molar-refractivity contribution in [3.8, 4) is 0 Å². The maximum atomic E-state index is 13.6. The molecule has 0 heterocycles. The molecule has 4 heteroatoms. The quantitative estimate of drug-likeness (QED) is 0.363. The molecule has 0 aliphatic heterocycles. The van der Waals surface area contributed by atoms with E-state index < -0.39 is 0 Å². The summed E-state index contributed by atoms with van der Waals surface area (Å²) >= 11 is 1.79. The summed E-state index contributed by atoms with van der Waals surface area (Å²) < 4.78 is 0. The molecule has 31 heavy (non-hydrogen) atoms. The van der Waals surface area contributed by atoms with Gasteiger partial charge in [-0.25, -0.2) is 0 Å². The number of amides is 1. The van der Waals surface area contributed by atoms with Crippen molar-refractivity contribution >= 4 is 23.4 Å². The van der Waals surface area contributed by atoms with Crippen molar-refractivity contribution in [3.63, 3.8) is 0 Å². The van der Waals surface area contributed by atoms with E-state index in [1.54, 1.807) is 11.8 Å². The minimum Gasteiger partial charge on any atom is -0.311 e. The maximum absolute atomic E-state index is 13.6. The Morgan fingerprint density at radius 2 is 1.45 bits per heavy atom. The zero-order chi connectivity index (χ0) is 22.1. The maximum Gasteiger partial charge on any atom is 0.234 e. The molecule has 1 atom stereocenters. The van der Waals surface area contributed by atoms with Gasteiger partial charge in [-0.05, 0) is 57.2 Å². The van der Waals surface area contributed by atoms with Gasteiger partial charge in [-0.15, -0.1) is 11.8 Å². The smallest absolute Gasteiger partial charge is 0.234 e. The Labute approximate surface area is 191 Å². The van der Waals surface area contributed by atoms with Crippen LogP contribution in [0.4, 0.5) is 5.69 Å². The predicted octanol–water partition coefficient (Wildman–Crippen LogP) is 6.07. The Morgan fingerprint density at radius 3 is 2.13 bits per heavy atom. The molecule has 0 N–H and O–H groups in total. The van der Waals surface area contributed by atoms with Crippen molar-refractivity contribution in [2.45, 2.75) is 29.9 Å². The van der Waals surface area contributed by atoms with Crippen LogP contribution in [-0.4, -0.2) is 38.0 Å². The first-order valence-corrected chi connectivity index (χ1v) is 11.8. The number of benzene rings is 3. The highest BCUT2D eigenvalue weighted by molar-refractivity contribution is 7.98. The second-order valence-corrected chi connectivity index (χ2v) is 9.04. The Balaban J connectivity index is 1.85. The molecule has 3 aromatic carbocycles. The van der Waals surface area contributed by atoms with Gasteiger partial charge in [-0.3, -0.25) is 4.79 Å². The number of hydrogen-bond acceptors (Lipinski definition) is 3. The number of carbonyl (C=O) groups is 1. The van der Waals surface area contributed by atoms with Crippen molar-refractivity contribution in [2.24, 2.45) is 0 Å². The monoisotopic (exact) mass is 432 g/mol. The van der Waals surface area contributed by atoms with E-state index in [9.17, 15) is 4.79 Å². The van der Waals surface area contributed by atoms with Crippen molar-refractivity contribution in [1.82, 2.24) is 4.90 Å². The summed E-state index contributed by atoms with van der Waals surface area (Å²) in [6.07, 6.45) is 0.929. The van der Waals surface area contributed by atoms with Gasteiger partial charge in [0.1, 0.15) is 0 Å². The van der Waals surface area contributed by atoms with Gasteiger partial charge in [0, 0.05) is 17.2 Å². The predicted molar refractivity (Wildman–Crippen MR) is 133 cm³/mol. The standard InChI is InChI=1S/C27H32N2OS/c1-22(24-15-8-5-9-16-24)27(30)29(20-12-19-28(2)3)25-17-10-11-18-26(25)31-21-23-13-6-4-7-14-23/h4-11,13-18,22H,12,19-21H2,1-3H3. The fourth-order valence-corrected chi connectivity index (χ4v) is 4.57. The largest absolute Gasteiger partial charge is 0.311 e. The van der Waals surface area contributed by atoms with E-state index in [-0.39, 0.29) is 11.8 Å². The van der Waals surface area contributed by atoms with Crippen LogP contribution in [0.25, 0.3) is 0 Å². The molecule has 0 aliphatic rings. The summed E-state index contributed by atoms with van der Waals surface area (Å²) in [6.45, 7) is 3.66. The van der Waals surface area contributed by atoms with Crippen LogP contribution in [0.2, 0.25) is 0 Å². The minimum atomic E-state index is -0.187. The topological polar surface area (TPSA) is 23.6 Å². The molecule has 3 aromatic rings. The molecule has 0 aliphatic carbocycles. The van der Waals surface area contributed by atoms with Gasteiger partial charge in [0.05, 0.1) is 11.6 Å². The van der Waals surface area contributed by atoms with Crippen LogP contribution in [0.15, 0.2) is 89.8 Å². The van der Waals surface area contributed by atoms with Crippen molar-refractivity contribution in [2.75, 3.05) is 32.1 Å². The average Bonchev–Trinajstić information content (AvgIpc) is 2.81. The first kappa shape index (κ1) is 23.1. The molecule has 1 amide bonds. The lowest BCUT2D eigenvalue weighted by atomic mass is 9.99. The van der Waals surface area contributed by atoms with E-state index in [1.807, 2.05) is 54.3 Å². The van der Waals surface area contributed by atoms with Gasteiger partial charge in [0.25, 0.3) is 0 Å². The molecule has 3 nitrogen and oxygen atoms in total. The molecule has 0 saturated carbocycles. The third-order valence-electron chi connectivity index (χ3n) is 5.32. The lowest BCUT2D eigenvalue weighted by Gasteiger charge is -2.28. The van der Waals surface area contributed by atoms with E-state index in [0.717, 1.165) is 34.9 Å². The first-order chi connectivity index (χ1) is 15.1. The molecule has 0 radical (unpaired) electrons. The number of carbonyl (C=O) groups excluding carboxylic acids is 1. The molecule has 0 saturated heterocycles. The van der Waals surface area contributed by atoms with E-state index in [2.05, 4.69) is 61.5 Å². The fraction of sp³-hybridized carbons (Fsp3) is 0.296. The Kier molecular flexibility index (Phi) is 8.74. The Bertz CT molecular complexity index is 944. The van der Waals surface area contributed by atoms with Gasteiger partial charge in [0.15, 0.2) is 0 Å². The van der Waals surface area contributed by atoms with Crippen molar-refractivity contribution in [3.05, 3.63) is 96.1 Å². The zero-order valence-electron chi connectivity index (χ0n) is 18.7. The summed E-state index contributed by atoms with van der Waals surface area (Å²) in [5.41, 5.74) is 3.35. The third kappa shape index (κ3) is 6.71. The second kappa shape index (κ2) is 11.7. The normalized spacial score (nSPS) is 12.0. The van der Waals surface area contributed by atoms with Crippen LogP contribution in [0.3, 0.4) is 0 Å². The Morgan fingerprint density at radius 1 is 0.839 bits per heavy atom. The number of para-hydroxylation sites is 1. The Hall–Kier alpha value is -2.56. The lowest BCUT2D eigenvalue weighted by molar-refractivity contribution is -0.119. The third-order valence-corrected chi connectivity index (χ3v) is 6.45.